The highest BCUT2D eigenvalue weighted by molar-refractivity contribution is 7.99. The van der Waals surface area contributed by atoms with Gasteiger partial charge in [0.2, 0.25) is 5.91 Å². The van der Waals surface area contributed by atoms with Gasteiger partial charge in [-0.1, -0.05) is 23.9 Å². The molecule has 0 aliphatic heterocycles. The van der Waals surface area contributed by atoms with Crippen LogP contribution in [-0.2, 0) is 11.3 Å². The van der Waals surface area contributed by atoms with Gasteiger partial charge < -0.3 is 20.1 Å². The summed E-state index contributed by atoms with van der Waals surface area (Å²) in [5.41, 5.74) is 3.44. The molecule has 0 saturated heterocycles. The number of anilines is 1. The first-order chi connectivity index (χ1) is 17.9. The number of aromatic nitrogens is 4. The molecule has 4 rings (SSSR count). The molecule has 0 aliphatic rings. The predicted molar refractivity (Wildman–Crippen MR) is 143 cm³/mol. The minimum Gasteiger partial charge on any atom is -0.493 e. The van der Waals surface area contributed by atoms with Gasteiger partial charge in [-0.2, -0.15) is 0 Å². The molecule has 2 aromatic heterocycles. The van der Waals surface area contributed by atoms with Crippen LogP contribution in [0.4, 0.5) is 5.13 Å². The summed E-state index contributed by atoms with van der Waals surface area (Å²) < 4.78 is 12.4. The number of aryl methyl sites for hydroxylation is 1. The van der Waals surface area contributed by atoms with Gasteiger partial charge in [0.15, 0.2) is 27.6 Å². The van der Waals surface area contributed by atoms with Crippen LogP contribution in [-0.4, -0.2) is 51.5 Å². The van der Waals surface area contributed by atoms with Crippen LogP contribution in [0.15, 0.2) is 53.1 Å². The van der Waals surface area contributed by atoms with Crippen molar-refractivity contribution in [3.05, 3.63) is 70.5 Å². The smallest absolute Gasteiger partial charge is 0.251 e. The summed E-state index contributed by atoms with van der Waals surface area (Å²) in [4.78, 5) is 29.4. The third kappa shape index (κ3) is 6.09. The van der Waals surface area contributed by atoms with E-state index in [1.807, 2.05) is 36.6 Å². The molecule has 2 N–H and O–H groups in total. The molecular formula is C25H26N6O4S2. The molecular weight excluding hydrogens is 512 g/mol. The molecule has 0 bridgehead atoms. The van der Waals surface area contributed by atoms with E-state index in [0.29, 0.717) is 33.2 Å². The minimum absolute atomic E-state index is 0.124. The quantitative estimate of drug-likeness (QED) is 0.291. The van der Waals surface area contributed by atoms with Gasteiger partial charge >= 0.3 is 0 Å². The number of rotatable bonds is 10. The average Bonchev–Trinajstić information content (AvgIpc) is 3.57. The molecule has 2 heterocycles. The third-order valence-corrected chi connectivity index (χ3v) is 7.20. The van der Waals surface area contributed by atoms with Crippen molar-refractivity contribution in [3.8, 4) is 17.2 Å². The Balaban J connectivity index is 1.55. The number of methoxy groups -OCH3 is 2. The molecule has 0 saturated carbocycles. The van der Waals surface area contributed by atoms with Crippen molar-refractivity contribution in [1.82, 2.24) is 25.1 Å². The fourth-order valence-electron chi connectivity index (χ4n) is 3.54. The lowest BCUT2D eigenvalue weighted by molar-refractivity contribution is -0.113. The number of amides is 2. The Kier molecular flexibility index (Phi) is 8.41. The maximum atomic E-state index is 12.9. The van der Waals surface area contributed by atoms with E-state index < -0.39 is 0 Å². The Bertz CT molecular complexity index is 1400. The first kappa shape index (κ1) is 26.2. The van der Waals surface area contributed by atoms with Crippen LogP contribution in [0.25, 0.3) is 5.69 Å². The lowest BCUT2D eigenvalue weighted by Crippen LogP contribution is -2.25. The van der Waals surface area contributed by atoms with Gasteiger partial charge in [-0.15, -0.1) is 21.5 Å². The van der Waals surface area contributed by atoms with Gasteiger partial charge in [-0.3, -0.25) is 14.2 Å². The number of thiazole rings is 1. The molecule has 0 unspecified atom stereocenters. The van der Waals surface area contributed by atoms with Crippen LogP contribution in [0, 0.1) is 13.8 Å². The molecule has 0 radical (unpaired) electrons. The standard InChI is InChI=1S/C25H26N6O4S2/c1-15-6-5-7-18(16(15)2)31-21(13-27-23(33)17-8-9-19(34-3)20(12-17)35-4)29-30-25(31)37-14-22(32)28-24-26-10-11-36-24/h5-12H,13-14H2,1-4H3,(H,27,33)(H,26,28,32). The Morgan fingerprint density at radius 2 is 1.89 bits per heavy atom. The second kappa shape index (κ2) is 11.9. The number of nitrogens with one attached hydrogen (secondary N) is 2. The summed E-state index contributed by atoms with van der Waals surface area (Å²) in [5, 5.41) is 17.2. The number of nitrogens with zero attached hydrogens (tertiary/aromatic N) is 4. The first-order valence-corrected chi connectivity index (χ1v) is 13.1. The fraction of sp³-hybridized carbons (Fsp3) is 0.240. The zero-order valence-corrected chi connectivity index (χ0v) is 22.4. The number of carbonyl (C=O) groups is 2. The highest BCUT2D eigenvalue weighted by atomic mass is 32.2. The molecule has 192 valence electrons. The van der Waals surface area contributed by atoms with Gasteiger partial charge in [0.1, 0.15) is 0 Å². The first-order valence-electron chi connectivity index (χ1n) is 11.2. The normalized spacial score (nSPS) is 10.7. The predicted octanol–water partition coefficient (Wildman–Crippen LogP) is 4.02. The van der Waals surface area contributed by atoms with Gasteiger partial charge in [0, 0.05) is 17.1 Å². The van der Waals surface area contributed by atoms with E-state index in [9.17, 15) is 9.59 Å². The van der Waals surface area contributed by atoms with Gasteiger partial charge in [0.25, 0.3) is 5.91 Å². The maximum Gasteiger partial charge on any atom is 0.251 e. The number of ether oxygens (including phenoxy) is 2. The van der Waals surface area contributed by atoms with Gasteiger partial charge in [-0.05, 0) is 49.2 Å². The Labute approximate surface area is 222 Å². The van der Waals surface area contributed by atoms with Crippen molar-refractivity contribution in [2.75, 3.05) is 25.3 Å². The van der Waals surface area contributed by atoms with Crippen molar-refractivity contribution < 1.29 is 19.1 Å². The van der Waals surface area contributed by atoms with Crippen LogP contribution >= 0.6 is 23.1 Å². The van der Waals surface area contributed by atoms with E-state index in [-0.39, 0.29) is 24.1 Å². The zero-order chi connectivity index (χ0) is 26.4. The number of thioether (sulfide) groups is 1. The lowest BCUT2D eigenvalue weighted by Gasteiger charge is -2.15. The van der Waals surface area contributed by atoms with E-state index in [2.05, 4.69) is 25.8 Å². The molecule has 0 spiro atoms. The molecule has 10 nitrogen and oxygen atoms in total. The summed E-state index contributed by atoms with van der Waals surface area (Å²) in [5.74, 6) is 1.16. The summed E-state index contributed by atoms with van der Waals surface area (Å²) in [6.45, 7) is 4.16. The molecule has 4 aromatic rings. The Morgan fingerprint density at radius 3 is 2.62 bits per heavy atom. The minimum atomic E-state index is -0.298. The molecule has 37 heavy (non-hydrogen) atoms. The second-order valence-electron chi connectivity index (χ2n) is 7.88. The molecule has 2 amide bonds. The van der Waals surface area contributed by atoms with Crippen LogP contribution in [0.5, 0.6) is 11.5 Å². The number of hydrogen-bond donors (Lipinski definition) is 2. The van der Waals surface area contributed by atoms with Crippen LogP contribution in [0.1, 0.15) is 27.3 Å². The average molecular weight is 539 g/mol. The van der Waals surface area contributed by atoms with Gasteiger partial charge in [-0.25, -0.2) is 4.98 Å². The summed E-state index contributed by atoms with van der Waals surface area (Å²) in [7, 11) is 3.05. The molecule has 2 aromatic carbocycles. The largest absolute Gasteiger partial charge is 0.493 e. The summed E-state index contributed by atoms with van der Waals surface area (Å²) >= 11 is 2.61. The third-order valence-electron chi connectivity index (χ3n) is 5.58. The van der Waals surface area contributed by atoms with Gasteiger partial charge in [0.05, 0.1) is 32.2 Å². The van der Waals surface area contributed by atoms with Crippen molar-refractivity contribution in [1.29, 1.82) is 0 Å². The highest BCUT2D eigenvalue weighted by Crippen LogP contribution is 2.28. The van der Waals surface area contributed by atoms with Crippen molar-refractivity contribution >= 4 is 40.0 Å². The number of benzene rings is 2. The second-order valence-corrected chi connectivity index (χ2v) is 9.72. The topological polar surface area (TPSA) is 120 Å². The molecule has 0 atom stereocenters. The number of hydrogen-bond acceptors (Lipinski definition) is 9. The van der Waals surface area contributed by atoms with Crippen molar-refractivity contribution in [2.24, 2.45) is 0 Å². The molecule has 0 fully saturated rings. The summed E-state index contributed by atoms with van der Waals surface area (Å²) in [6.07, 6.45) is 1.63. The van der Waals surface area contributed by atoms with E-state index >= 15 is 0 Å². The SMILES string of the molecule is COc1ccc(C(=O)NCc2nnc(SCC(=O)Nc3nccs3)n2-c2cccc(C)c2C)cc1OC. The van der Waals surface area contributed by atoms with E-state index in [0.717, 1.165) is 16.8 Å². The van der Waals surface area contributed by atoms with Crippen molar-refractivity contribution in [3.63, 3.8) is 0 Å². The summed E-state index contributed by atoms with van der Waals surface area (Å²) in [6, 6.07) is 10.9. The van der Waals surface area contributed by atoms with Crippen molar-refractivity contribution in [2.45, 2.75) is 25.5 Å². The lowest BCUT2D eigenvalue weighted by atomic mass is 10.1. The monoisotopic (exact) mass is 538 g/mol. The van der Waals surface area contributed by atoms with Crippen LogP contribution in [0.3, 0.4) is 0 Å². The van der Waals surface area contributed by atoms with E-state index in [1.165, 1.54) is 37.3 Å². The Morgan fingerprint density at radius 1 is 1.08 bits per heavy atom. The fourth-order valence-corrected chi connectivity index (χ4v) is 4.85. The van der Waals surface area contributed by atoms with Crippen LogP contribution in [0.2, 0.25) is 0 Å². The van der Waals surface area contributed by atoms with E-state index in [4.69, 9.17) is 9.47 Å². The highest BCUT2D eigenvalue weighted by Gasteiger charge is 2.19. The van der Waals surface area contributed by atoms with Crippen LogP contribution < -0.4 is 20.1 Å². The maximum absolute atomic E-state index is 12.9. The zero-order valence-electron chi connectivity index (χ0n) is 20.8. The molecule has 12 heteroatoms. The van der Waals surface area contributed by atoms with E-state index in [1.54, 1.807) is 29.8 Å². The Hall–Kier alpha value is -3.90. The molecule has 0 aliphatic carbocycles. The number of carbonyl (C=O) groups excluding carboxylic acids is 2.